The van der Waals surface area contributed by atoms with Crippen molar-refractivity contribution in [2.24, 2.45) is 0 Å². The Morgan fingerprint density at radius 1 is 1.08 bits per heavy atom. The molecule has 0 aromatic heterocycles. The largest absolute Gasteiger partial charge is 0.513 e. The van der Waals surface area contributed by atoms with Crippen molar-refractivity contribution in [3.63, 3.8) is 0 Å². The molecule has 0 saturated carbocycles. The molecule has 6 heteroatoms. The number of hydrogen-bond donors (Lipinski definition) is 0. The van der Waals surface area contributed by atoms with Crippen LogP contribution in [0.5, 0.6) is 17.2 Å². The van der Waals surface area contributed by atoms with Crippen molar-refractivity contribution in [1.29, 1.82) is 0 Å². The number of rotatable bonds is 7. The zero-order chi connectivity index (χ0) is 19.1. The summed E-state index contributed by atoms with van der Waals surface area (Å²) in [5.41, 5.74) is 2.38. The van der Waals surface area contributed by atoms with E-state index >= 15 is 0 Å². The summed E-state index contributed by atoms with van der Waals surface area (Å²) in [5, 5.41) is 0. The van der Waals surface area contributed by atoms with Gasteiger partial charge in [0.25, 0.3) is 0 Å². The number of aryl methyl sites for hydroxylation is 2. The zero-order valence-corrected chi connectivity index (χ0v) is 15.4. The van der Waals surface area contributed by atoms with E-state index in [-0.39, 0.29) is 18.1 Å². The van der Waals surface area contributed by atoms with Gasteiger partial charge in [0.05, 0.1) is 19.3 Å². The second-order valence-electron chi connectivity index (χ2n) is 5.57. The standard InChI is InChI=1S/C20H23FO5/c1-5-14-11-16(21)19(10-13(14)3)25-12-15-17(24-6-2)8-7-9-18(15)26-20(22)23-4/h7-11H,5-6,12H2,1-4H3. The van der Waals surface area contributed by atoms with E-state index < -0.39 is 12.0 Å². The van der Waals surface area contributed by atoms with Crippen molar-refractivity contribution in [2.75, 3.05) is 13.7 Å². The topological polar surface area (TPSA) is 54.0 Å². The third kappa shape index (κ3) is 4.65. The second-order valence-corrected chi connectivity index (χ2v) is 5.57. The molecule has 0 aliphatic carbocycles. The van der Waals surface area contributed by atoms with Crippen LogP contribution < -0.4 is 14.2 Å². The summed E-state index contributed by atoms with van der Waals surface area (Å²) in [6.45, 7) is 6.12. The van der Waals surface area contributed by atoms with Crippen LogP contribution in [0.4, 0.5) is 9.18 Å². The van der Waals surface area contributed by atoms with Crippen molar-refractivity contribution in [3.8, 4) is 17.2 Å². The lowest BCUT2D eigenvalue weighted by Crippen LogP contribution is -2.11. The van der Waals surface area contributed by atoms with Crippen LogP contribution in [0.25, 0.3) is 0 Å². The summed E-state index contributed by atoms with van der Waals surface area (Å²) >= 11 is 0. The number of hydrogen-bond acceptors (Lipinski definition) is 5. The fourth-order valence-corrected chi connectivity index (χ4v) is 2.54. The highest BCUT2D eigenvalue weighted by Gasteiger charge is 2.16. The molecular formula is C20H23FO5. The number of carbonyl (C=O) groups is 1. The third-order valence-corrected chi connectivity index (χ3v) is 3.89. The average molecular weight is 362 g/mol. The third-order valence-electron chi connectivity index (χ3n) is 3.89. The zero-order valence-electron chi connectivity index (χ0n) is 15.4. The van der Waals surface area contributed by atoms with Gasteiger partial charge in [-0.3, -0.25) is 0 Å². The van der Waals surface area contributed by atoms with Crippen molar-refractivity contribution in [1.82, 2.24) is 0 Å². The maximum atomic E-state index is 14.3. The molecule has 2 aromatic rings. The molecule has 0 radical (unpaired) electrons. The lowest BCUT2D eigenvalue weighted by Gasteiger charge is -2.16. The monoisotopic (exact) mass is 362 g/mol. The molecule has 0 unspecified atom stereocenters. The Morgan fingerprint density at radius 2 is 1.81 bits per heavy atom. The minimum absolute atomic E-state index is 0.0235. The highest BCUT2D eigenvalue weighted by atomic mass is 19.1. The molecule has 0 bridgehead atoms. The summed E-state index contributed by atoms with van der Waals surface area (Å²) in [7, 11) is 1.22. The van der Waals surface area contributed by atoms with E-state index in [0.29, 0.717) is 17.9 Å². The Bertz CT molecular complexity index is 773. The van der Waals surface area contributed by atoms with Crippen molar-refractivity contribution < 1.29 is 28.1 Å². The Labute approximate surface area is 152 Å². The first-order chi connectivity index (χ1) is 12.5. The number of halogens is 1. The highest BCUT2D eigenvalue weighted by Crippen LogP contribution is 2.31. The van der Waals surface area contributed by atoms with E-state index in [9.17, 15) is 9.18 Å². The van der Waals surface area contributed by atoms with Crippen LogP contribution in [0, 0.1) is 12.7 Å². The molecule has 0 fully saturated rings. The molecular weight excluding hydrogens is 339 g/mol. The SMILES string of the molecule is CCOc1cccc(OC(=O)OC)c1COc1cc(C)c(CC)cc1F. The molecule has 26 heavy (non-hydrogen) atoms. The Morgan fingerprint density at radius 3 is 2.46 bits per heavy atom. The predicted molar refractivity (Wildman–Crippen MR) is 95.5 cm³/mol. The van der Waals surface area contributed by atoms with Gasteiger partial charge in [0, 0.05) is 0 Å². The quantitative estimate of drug-likeness (QED) is 0.522. The lowest BCUT2D eigenvalue weighted by molar-refractivity contribution is 0.120. The van der Waals surface area contributed by atoms with Crippen LogP contribution >= 0.6 is 0 Å². The first-order valence-electron chi connectivity index (χ1n) is 8.42. The number of ether oxygens (including phenoxy) is 4. The Kier molecular flexibility index (Phi) is 6.83. The Balaban J connectivity index is 2.30. The van der Waals surface area contributed by atoms with E-state index in [0.717, 1.165) is 17.5 Å². The molecule has 5 nitrogen and oxygen atoms in total. The van der Waals surface area contributed by atoms with E-state index in [1.165, 1.54) is 13.2 Å². The van der Waals surface area contributed by atoms with Crippen LogP contribution in [0.1, 0.15) is 30.5 Å². The average Bonchev–Trinajstić information content (AvgIpc) is 2.63. The van der Waals surface area contributed by atoms with Gasteiger partial charge in [-0.15, -0.1) is 0 Å². The lowest BCUT2D eigenvalue weighted by atomic mass is 10.1. The fraction of sp³-hybridized carbons (Fsp3) is 0.350. The first kappa shape index (κ1) is 19.6. The molecule has 0 saturated heterocycles. The van der Waals surface area contributed by atoms with Gasteiger partial charge in [0.1, 0.15) is 18.1 Å². The number of carbonyl (C=O) groups excluding carboxylic acids is 1. The fourth-order valence-electron chi connectivity index (χ4n) is 2.54. The summed E-state index contributed by atoms with van der Waals surface area (Å²) in [6.07, 6.45) is -0.109. The molecule has 0 N–H and O–H groups in total. The Hall–Kier alpha value is -2.76. The van der Waals surface area contributed by atoms with E-state index in [1.807, 2.05) is 20.8 Å². The van der Waals surface area contributed by atoms with Gasteiger partial charge in [-0.1, -0.05) is 13.0 Å². The normalized spacial score (nSPS) is 10.3. The molecule has 0 aliphatic heterocycles. The predicted octanol–water partition coefficient (Wildman–Crippen LogP) is 4.82. The maximum absolute atomic E-state index is 14.3. The molecule has 2 aromatic carbocycles. The molecule has 0 spiro atoms. The van der Waals surface area contributed by atoms with E-state index in [4.69, 9.17) is 14.2 Å². The van der Waals surface area contributed by atoms with Crippen LogP contribution in [0.15, 0.2) is 30.3 Å². The van der Waals surface area contributed by atoms with Crippen LogP contribution in [0.3, 0.4) is 0 Å². The summed E-state index contributed by atoms with van der Waals surface area (Å²) in [5.74, 6) is 0.438. The molecule has 0 atom stereocenters. The van der Waals surface area contributed by atoms with Gasteiger partial charge in [-0.2, -0.15) is 0 Å². The molecule has 0 heterocycles. The van der Waals surface area contributed by atoms with Crippen LogP contribution in [-0.4, -0.2) is 19.9 Å². The molecule has 0 aliphatic rings. The van der Waals surface area contributed by atoms with E-state index in [2.05, 4.69) is 4.74 Å². The smallest absolute Gasteiger partial charge is 0.493 e. The number of methoxy groups -OCH3 is 1. The molecule has 0 amide bonds. The van der Waals surface area contributed by atoms with Gasteiger partial charge in [0.15, 0.2) is 11.6 Å². The van der Waals surface area contributed by atoms with E-state index in [1.54, 1.807) is 24.3 Å². The summed E-state index contributed by atoms with van der Waals surface area (Å²) < 4.78 is 35.2. The minimum atomic E-state index is -0.853. The first-order valence-corrected chi connectivity index (χ1v) is 8.42. The minimum Gasteiger partial charge on any atom is -0.493 e. The number of benzene rings is 2. The maximum Gasteiger partial charge on any atom is 0.513 e. The summed E-state index contributed by atoms with van der Waals surface area (Å²) in [6, 6.07) is 8.16. The van der Waals surface area contributed by atoms with Crippen molar-refractivity contribution >= 4 is 6.16 Å². The summed E-state index contributed by atoms with van der Waals surface area (Å²) in [4.78, 5) is 11.5. The molecule has 140 valence electrons. The second kappa shape index (κ2) is 9.08. The van der Waals surface area contributed by atoms with Gasteiger partial charge in [-0.05, 0) is 55.7 Å². The van der Waals surface area contributed by atoms with Crippen molar-refractivity contribution in [2.45, 2.75) is 33.8 Å². The molecule has 2 rings (SSSR count). The van der Waals surface area contributed by atoms with Gasteiger partial charge in [-0.25, -0.2) is 9.18 Å². The highest BCUT2D eigenvalue weighted by molar-refractivity contribution is 5.65. The van der Waals surface area contributed by atoms with Gasteiger partial charge < -0.3 is 18.9 Å². The van der Waals surface area contributed by atoms with Gasteiger partial charge in [0.2, 0.25) is 0 Å². The van der Waals surface area contributed by atoms with Crippen LogP contribution in [0.2, 0.25) is 0 Å². The van der Waals surface area contributed by atoms with Crippen molar-refractivity contribution in [3.05, 3.63) is 52.8 Å². The van der Waals surface area contributed by atoms with Gasteiger partial charge >= 0.3 is 6.16 Å². The van der Waals surface area contributed by atoms with Crippen LogP contribution in [-0.2, 0) is 17.8 Å².